The number of aromatic nitrogens is 2. The standard InChI is InChI=1S/C19H16N4O4/c20-18(25)16(24)14(11-12-7-3-1-4-8-12)21-19(26)15-17(27-23-22-15)13-9-5-2-6-10-13/h1-10,14H,11H2,(H2,20,25)(H,21,26). The molecule has 0 saturated carbocycles. The van der Waals surface area contributed by atoms with Gasteiger partial charge in [0.25, 0.3) is 11.8 Å². The molecule has 0 aliphatic heterocycles. The first-order valence-corrected chi connectivity index (χ1v) is 8.12. The summed E-state index contributed by atoms with van der Waals surface area (Å²) in [5.41, 5.74) is 6.40. The summed E-state index contributed by atoms with van der Waals surface area (Å²) < 4.78 is 5.08. The molecule has 1 heterocycles. The average molecular weight is 364 g/mol. The van der Waals surface area contributed by atoms with Crippen molar-refractivity contribution in [2.45, 2.75) is 12.5 Å². The first kappa shape index (κ1) is 18.0. The van der Waals surface area contributed by atoms with Crippen LogP contribution in [0.25, 0.3) is 11.3 Å². The van der Waals surface area contributed by atoms with Crippen molar-refractivity contribution >= 4 is 17.6 Å². The van der Waals surface area contributed by atoms with Crippen molar-refractivity contribution in [1.29, 1.82) is 0 Å². The number of hydrogen-bond acceptors (Lipinski definition) is 6. The molecule has 27 heavy (non-hydrogen) atoms. The van der Waals surface area contributed by atoms with E-state index in [1.807, 2.05) is 12.1 Å². The Morgan fingerprint density at radius 2 is 1.63 bits per heavy atom. The Balaban J connectivity index is 1.84. The van der Waals surface area contributed by atoms with Crippen LogP contribution >= 0.6 is 0 Å². The molecule has 3 rings (SSSR count). The topological polar surface area (TPSA) is 128 Å². The van der Waals surface area contributed by atoms with E-state index in [1.54, 1.807) is 48.5 Å². The van der Waals surface area contributed by atoms with E-state index >= 15 is 0 Å². The van der Waals surface area contributed by atoms with Gasteiger partial charge in [-0.25, -0.2) is 0 Å². The zero-order chi connectivity index (χ0) is 19.2. The molecule has 8 nitrogen and oxygen atoms in total. The van der Waals surface area contributed by atoms with E-state index < -0.39 is 23.6 Å². The minimum atomic E-state index is -1.13. The zero-order valence-corrected chi connectivity index (χ0v) is 14.2. The number of primary amides is 1. The third kappa shape index (κ3) is 4.24. The fourth-order valence-electron chi connectivity index (χ4n) is 2.58. The van der Waals surface area contributed by atoms with Crippen molar-refractivity contribution in [2.24, 2.45) is 5.73 Å². The summed E-state index contributed by atoms with van der Waals surface area (Å²) in [6.45, 7) is 0. The molecule has 8 heteroatoms. The number of benzene rings is 2. The van der Waals surface area contributed by atoms with Gasteiger partial charge in [-0.1, -0.05) is 60.7 Å². The predicted molar refractivity (Wildman–Crippen MR) is 95.3 cm³/mol. The molecule has 0 fully saturated rings. The summed E-state index contributed by atoms with van der Waals surface area (Å²) in [7, 11) is 0. The maximum Gasteiger partial charge on any atom is 0.287 e. The maximum atomic E-state index is 12.6. The van der Waals surface area contributed by atoms with E-state index in [9.17, 15) is 14.4 Å². The molecule has 3 N–H and O–H groups in total. The summed E-state index contributed by atoms with van der Waals surface area (Å²) in [6, 6.07) is 16.6. The fourth-order valence-corrected chi connectivity index (χ4v) is 2.58. The number of Topliss-reactive ketones (excluding diaryl/α,β-unsaturated/α-hetero) is 1. The second-order valence-electron chi connectivity index (χ2n) is 5.76. The van der Waals surface area contributed by atoms with Gasteiger partial charge in [-0.2, -0.15) is 0 Å². The molecule has 0 aliphatic carbocycles. The first-order chi connectivity index (χ1) is 13.1. The van der Waals surface area contributed by atoms with Crippen LogP contribution in [0, 0.1) is 0 Å². The number of nitrogens with one attached hydrogen (secondary N) is 1. The zero-order valence-electron chi connectivity index (χ0n) is 14.2. The number of carbonyl (C=O) groups excluding carboxylic acids is 3. The molecular formula is C19H16N4O4. The maximum absolute atomic E-state index is 12.6. The minimum absolute atomic E-state index is 0.0865. The monoisotopic (exact) mass is 364 g/mol. The van der Waals surface area contributed by atoms with Crippen LogP contribution in [-0.2, 0) is 16.0 Å². The number of amides is 2. The van der Waals surface area contributed by atoms with Crippen LogP contribution in [0.2, 0.25) is 0 Å². The summed E-state index contributed by atoms with van der Waals surface area (Å²) >= 11 is 0. The fraction of sp³-hybridized carbons (Fsp3) is 0.105. The van der Waals surface area contributed by atoms with Gasteiger partial charge in [0.05, 0.1) is 0 Å². The lowest BCUT2D eigenvalue weighted by Crippen LogP contribution is -2.47. The van der Waals surface area contributed by atoms with Gasteiger partial charge >= 0.3 is 0 Å². The highest BCUT2D eigenvalue weighted by atomic mass is 16.5. The SMILES string of the molecule is NC(=O)C(=O)C(Cc1ccccc1)NC(=O)c1nnoc1-c1ccccc1. The average Bonchev–Trinajstić information content (AvgIpc) is 3.18. The molecule has 0 spiro atoms. The number of rotatable bonds is 7. The largest absolute Gasteiger partial charge is 0.363 e. The lowest BCUT2D eigenvalue weighted by atomic mass is 10.0. The highest BCUT2D eigenvalue weighted by Crippen LogP contribution is 2.21. The summed E-state index contributed by atoms with van der Waals surface area (Å²) in [5.74, 6) is -2.55. The molecule has 1 atom stereocenters. The van der Waals surface area contributed by atoms with Gasteiger partial charge in [0.2, 0.25) is 5.78 Å². The van der Waals surface area contributed by atoms with Crippen LogP contribution in [-0.4, -0.2) is 34.0 Å². The van der Waals surface area contributed by atoms with Gasteiger partial charge in [0.1, 0.15) is 6.04 Å². The molecule has 2 amide bonds. The van der Waals surface area contributed by atoms with Crippen molar-refractivity contribution < 1.29 is 18.9 Å². The number of nitrogens with two attached hydrogens (primary N) is 1. The molecule has 0 bridgehead atoms. The van der Waals surface area contributed by atoms with E-state index in [4.69, 9.17) is 10.3 Å². The third-order valence-electron chi connectivity index (χ3n) is 3.89. The Hall–Kier alpha value is -3.81. The van der Waals surface area contributed by atoms with Crippen LogP contribution in [0.15, 0.2) is 65.2 Å². The second kappa shape index (κ2) is 8.05. The van der Waals surface area contributed by atoms with E-state index in [-0.39, 0.29) is 17.9 Å². The third-order valence-corrected chi connectivity index (χ3v) is 3.89. The predicted octanol–water partition coefficient (Wildman–Crippen LogP) is 1.13. The van der Waals surface area contributed by atoms with Gasteiger partial charge in [0.15, 0.2) is 11.5 Å². The van der Waals surface area contributed by atoms with Gasteiger partial charge < -0.3 is 15.6 Å². The van der Waals surface area contributed by atoms with Crippen molar-refractivity contribution in [3.8, 4) is 11.3 Å². The Labute approximate surface area is 154 Å². The highest BCUT2D eigenvalue weighted by Gasteiger charge is 2.28. The molecule has 136 valence electrons. The number of hydrogen-bond donors (Lipinski definition) is 2. The minimum Gasteiger partial charge on any atom is -0.363 e. The Bertz CT molecular complexity index is 954. The number of carbonyl (C=O) groups is 3. The van der Waals surface area contributed by atoms with E-state index in [2.05, 4.69) is 15.7 Å². The molecule has 2 aromatic carbocycles. The lowest BCUT2D eigenvalue weighted by molar-refractivity contribution is -0.137. The molecule has 1 unspecified atom stereocenters. The first-order valence-electron chi connectivity index (χ1n) is 8.12. The lowest BCUT2D eigenvalue weighted by Gasteiger charge is -2.15. The number of ketones is 1. The van der Waals surface area contributed by atoms with E-state index in [0.717, 1.165) is 5.56 Å². The molecule has 3 aromatic rings. The smallest absolute Gasteiger partial charge is 0.287 e. The normalized spacial score (nSPS) is 11.6. The molecule has 0 saturated heterocycles. The summed E-state index contributed by atoms with van der Waals surface area (Å²) in [6.07, 6.45) is 0.111. The van der Waals surface area contributed by atoms with Crippen LogP contribution in [0.4, 0.5) is 0 Å². The van der Waals surface area contributed by atoms with Crippen LogP contribution in [0.5, 0.6) is 0 Å². The molecular weight excluding hydrogens is 348 g/mol. The molecule has 1 aromatic heterocycles. The van der Waals surface area contributed by atoms with Crippen molar-refractivity contribution in [3.63, 3.8) is 0 Å². The van der Waals surface area contributed by atoms with Crippen LogP contribution in [0.3, 0.4) is 0 Å². The summed E-state index contributed by atoms with van der Waals surface area (Å²) in [4.78, 5) is 36.2. The summed E-state index contributed by atoms with van der Waals surface area (Å²) in [5, 5.41) is 9.64. The van der Waals surface area contributed by atoms with Crippen molar-refractivity contribution in [2.75, 3.05) is 0 Å². The van der Waals surface area contributed by atoms with Crippen LogP contribution < -0.4 is 11.1 Å². The van der Waals surface area contributed by atoms with E-state index in [0.29, 0.717) is 5.56 Å². The Morgan fingerprint density at radius 3 is 2.26 bits per heavy atom. The Morgan fingerprint density at radius 1 is 1.00 bits per heavy atom. The number of nitrogens with zero attached hydrogens (tertiary/aromatic N) is 2. The molecule has 0 radical (unpaired) electrons. The van der Waals surface area contributed by atoms with Gasteiger partial charge in [-0.05, 0) is 5.56 Å². The molecule has 0 aliphatic rings. The second-order valence-corrected chi connectivity index (χ2v) is 5.76. The van der Waals surface area contributed by atoms with Gasteiger partial charge in [-0.15, -0.1) is 5.10 Å². The highest BCUT2D eigenvalue weighted by molar-refractivity contribution is 6.38. The van der Waals surface area contributed by atoms with Crippen LogP contribution in [0.1, 0.15) is 16.1 Å². The van der Waals surface area contributed by atoms with Gasteiger partial charge in [0, 0.05) is 17.3 Å². The van der Waals surface area contributed by atoms with Crippen molar-refractivity contribution in [3.05, 3.63) is 71.9 Å². The Kier molecular flexibility index (Phi) is 5.36. The van der Waals surface area contributed by atoms with E-state index in [1.165, 1.54) is 0 Å². The van der Waals surface area contributed by atoms with Crippen molar-refractivity contribution in [1.82, 2.24) is 15.7 Å². The quantitative estimate of drug-likeness (QED) is 0.605. The van der Waals surface area contributed by atoms with Gasteiger partial charge in [-0.3, -0.25) is 14.4 Å².